The number of rotatable bonds is 54. The van der Waals surface area contributed by atoms with E-state index in [1.807, 2.05) is 0 Å². The minimum absolute atomic E-state index is 0.483. The summed E-state index contributed by atoms with van der Waals surface area (Å²) in [5.41, 5.74) is 0. The zero-order chi connectivity index (χ0) is 68.7. The molecule has 0 fully saturated rings. The Balaban J connectivity index is 2.26. The van der Waals surface area contributed by atoms with Gasteiger partial charge in [-0.05, 0) is 90.3 Å². The van der Waals surface area contributed by atoms with Gasteiger partial charge in [0.1, 0.15) is 28.7 Å². The van der Waals surface area contributed by atoms with Gasteiger partial charge in [-0.15, -0.1) is 0 Å². The Bertz CT molecular complexity index is 2570. The van der Waals surface area contributed by atoms with E-state index in [4.69, 9.17) is 23.7 Å². The first kappa shape index (κ1) is 81.9. The number of hydrogen-bond acceptors (Lipinski definition) is 5. The first-order valence-electron chi connectivity index (χ1n) is 39.6. The number of ether oxygens (including phenoxy) is 5. The van der Waals surface area contributed by atoms with Crippen LogP contribution in [0.5, 0.6) is 28.7 Å². The minimum Gasteiger partial charge on any atom is -0.493 e. The Hall–Kier alpha value is -3.82. The first-order chi connectivity index (χ1) is 46.2. The van der Waals surface area contributed by atoms with Crippen molar-refractivity contribution in [2.45, 2.75) is 295 Å². The second-order valence-corrected chi connectivity index (χ2v) is 65.7. The molecule has 0 bridgehead atoms. The van der Waals surface area contributed by atoms with E-state index in [9.17, 15) is 0 Å². The smallest absolute Gasteiger partial charge is 0.119 e. The average molecular weight is 1380 g/mol. The third kappa shape index (κ3) is 24.2. The summed E-state index contributed by atoms with van der Waals surface area (Å²) in [6, 6.07) is 58.7. The standard InChI is InChI=1S/C85H140O5Si5/c1-16-26-31-36-61-91(81-51-41-76(42-52-81)86-66-71(11)21-6)93(63-38-33-28-18-3,83-55-45-78(46-56-83)88-68-73(13)23-8)95(65-40-35-30-20-5,85-59-49-80(50-60-85)90-70-75(15)25-10)94(64-39-34-29-19-4,84-57-47-79(48-58-84)89-69-74(14)24-9)92(62-37-32-27-17-2)82-53-43-77(44-54-82)87-67-72(12)22-7/h41-60,71-75H,16-40,61-70H2,1-15H3. The Morgan fingerprint density at radius 3 is 0.747 bits per heavy atom. The molecular formula is C85H140O5Si5. The van der Waals surface area contributed by atoms with Gasteiger partial charge in [-0.3, -0.25) is 0 Å². The van der Waals surface area contributed by atoms with Crippen LogP contribution >= 0.6 is 0 Å². The molecule has 530 valence electrons. The average Bonchev–Trinajstić information content (AvgIpc) is 0.674. The molecule has 0 saturated carbocycles. The number of unbranched alkanes of at least 4 members (excludes halogenated alkanes) is 15. The van der Waals surface area contributed by atoms with E-state index in [0.29, 0.717) is 29.6 Å². The molecule has 10 heteroatoms. The molecule has 0 aliphatic rings. The summed E-state index contributed by atoms with van der Waals surface area (Å²) in [7, 11) is -12.1. The first-order valence-corrected chi connectivity index (χ1v) is 53.7. The molecule has 0 amide bonds. The second-order valence-electron chi connectivity index (χ2n) is 29.5. The molecule has 95 heavy (non-hydrogen) atoms. The highest BCUT2D eigenvalue weighted by molar-refractivity contribution is 7.97. The van der Waals surface area contributed by atoms with Crippen molar-refractivity contribution >= 4 is 63.9 Å². The van der Waals surface area contributed by atoms with Crippen LogP contribution in [0.25, 0.3) is 0 Å². The quantitative estimate of drug-likeness (QED) is 0.0287. The highest BCUT2D eigenvalue weighted by atomic mass is 29.9. The summed E-state index contributed by atoms with van der Waals surface area (Å²) in [6.07, 6.45) is 30.8. The molecule has 0 saturated heterocycles. The number of benzene rings is 5. The van der Waals surface area contributed by atoms with Crippen LogP contribution in [0.4, 0.5) is 0 Å². The van der Waals surface area contributed by atoms with Crippen LogP contribution < -0.4 is 49.6 Å². The van der Waals surface area contributed by atoms with Crippen LogP contribution in [0.3, 0.4) is 0 Å². The Kier molecular flexibility index (Phi) is 39.4. The van der Waals surface area contributed by atoms with Gasteiger partial charge in [0.2, 0.25) is 0 Å². The Morgan fingerprint density at radius 2 is 0.495 bits per heavy atom. The van der Waals surface area contributed by atoms with E-state index in [1.165, 1.54) is 159 Å². The molecule has 5 nitrogen and oxygen atoms in total. The van der Waals surface area contributed by atoms with E-state index in [-0.39, 0.29) is 0 Å². The highest BCUT2D eigenvalue weighted by Crippen LogP contribution is 2.46. The van der Waals surface area contributed by atoms with E-state index < -0.39 is 38.0 Å². The lowest BCUT2D eigenvalue weighted by Gasteiger charge is -2.63. The van der Waals surface area contributed by atoms with Crippen molar-refractivity contribution in [3.8, 4) is 28.7 Å². The fourth-order valence-electron chi connectivity index (χ4n) is 14.7. The molecule has 5 aromatic carbocycles. The molecule has 0 heterocycles. The van der Waals surface area contributed by atoms with Crippen LogP contribution in [0.1, 0.15) is 264 Å². The molecule has 5 rings (SSSR count). The van der Waals surface area contributed by atoms with Gasteiger partial charge in [0.25, 0.3) is 0 Å². The van der Waals surface area contributed by atoms with Crippen LogP contribution in [0.2, 0.25) is 30.2 Å². The lowest BCUT2D eigenvalue weighted by molar-refractivity contribution is 0.256. The zero-order valence-electron chi connectivity index (χ0n) is 63.7. The maximum absolute atomic E-state index is 6.98. The van der Waals surface area contributed by atoms with Gasteiger partial charge in [0.05, 0.1) is 71.0 Å². The van der Waals surface area contributed by atoms with Gasteiger partial charge in [0.15, 0.2) is 0 Å². The molecule has 7 atom stereocenters. The van der Waals surface area contributed by atoms with Crippen molar-refractivity contribution in [2.75, 3.05) is 33.0 Å². The van der Waals surface area contributed by atoms with Crippen molar-refractivity contribution in [1.29, 1.82) is 0 Å². The Morgan fingerprint density at radius 1 is 0.263 bits per heavy atom. The lowest BCUT2D eigenvalue weighted by atomic mass is 10.1. The van der Waals surface area contributed by atoms with Crippen LogP contribution in [0, 0.1) is 29.6 Å². The highest BCUT2D eigenvalue weighted by Gasteiger charge is 2.72. The summed E-state index contributed by atoms with van der Waals surface area (Å²) < 4.78 is 34.4. The van der Waals surface area contributed by atoms with Crippen molar-refractivity contribution in [2.24, 2.45) is 29.6 Å². The molecule has 5 aromatic rings. The number of hydrogen-bond donors (Lipinski definition) is 0. The van der Waals surface area contributed by atoms with Gasteiger partial charge in [-0.2, -0.15) is 0 Å². The SMILES string of the molecule is CCCCCC[Si](c1ccc(OCC(C)CC)cc1)[Si](CCCCCC)(c1ccc(OCC(C)CC)cc1)[Si](CCCCCC)(c1ccc(OCC(C)CC)cc1)[Si](CCCCCC)(c1ccc(OCC(C)CC)cc1)[Si](CCCCCC)c1ccc(OCC(C)CC)cc1. The third-order valence-corrected chi connectivity index (χ3v) is 91.0. The molecule has 0 aliphatic carbocycles. The van der Waals surface area contributed by atoms with Crippen LogP contribution in [-0.2, 0) is 0 Å². The van der Waals surface area contributed by atoms with E-state index in [0.717, 1.165) is 93.9 Å². The van der Waals surface area contributed by atoms with Gasteiger partial charge in [-0.1, -0.05) is 381 Å². The van der Waals surface area contributed by atoms with Crippen LogP contribution in [-0.4, -0.2) is 71.0 Å². The summed E-state index contributed by atoms with van der Waals surface area (Å²) in [5, 5.41) is 8.62. The van der Waals surface area contributed by atoms with Gasteiger partial charge in [0, 0.05) is 0 Å². The summed E-state index contributed by atoms with van der Waals surface area (Å²) >= 11 is 0. The third-order valence-electron chi connectivity index (χ3n) is 21.9. The second kappa shape index (κ2) is 45.8. The summed E-state index contributed by atoms with van der Waals surface area (Å²) in [4.78, 5) is 0. The molecule has 7 unspecified atom stereocenters. The molecule has 0 aromatic heterocycles. The molecular weight excluding hydrogens is 1240 g/mol. The fourth-order valence-corrected chi connectivity index (χ4v) is 119. The topological polar surface area (TPSA) is 46.2 Å². The molecule has 2 radical (unpaired) electrons. The predicted molar refractivity (Wildman–Crippen MR) is 429 cm³/mol. The normalized spacial score (nSPS) is 15.3. The summed E-state index contributed by atoms with van der Waals surface area (Å²) in [5.74, 6) is 7.62. The van der Waals surface area contributed by atoms with E-state index >= 15 is 0 Å². The van der Waals surface area contributed by atoms with Crippen molar-refractivity contribution in [1.82, 2.24) is 0 Å². The van der Waals surface area contributed by atoms with Gasteiger partial charge >= 0.3 is 0 Å². The van der Waals surface area contributed by atoms with Crippen molar-refractivity contribution in [3.05, 3.63) is 121 Å². The van der Waals surface area contributed by atoms with E-state index in [2.05, 4.69) is 225 Å². The largest absolute Gasteiger partial charge is 0.493 e. The molecule has 0 aliphatic heterocycles. The minimum atomic E-state index is -3.13. The fraction of sp³-hybridized carbons (Fsp3) is 0.647. The maximum atomic E-state index is 6.98. The van der Waals surface area contributed by atoms with Gasteiger partial charge < -0.3 is 23.7 Å². The van der Waals surface area contributed by atoms with Crippen molar-refractivity contribution in [3.63, 3.8) is 0 Å². The lowest BCUT2D eigenvalue weighted by Crippen LogP contribution is -2.97. The predicted octanol–water partition coefficient (Wildman–Crippen LogP) is 22.2. The zero-order valence-corrected chi connectivity index (χ0v) is 68.7. The van der Waals surface area contributed by atoms with Gasteiger partial charge in [-0.25, -0.2) is 0 Å². The van der Waals surface area contributed by atoms with Crippen molar-refractivity contribution < 1.29 is 23.7 Å². The maximum Gasteiger partial charge on any atom is 0.119 e. The molecule has 0 N–H and O–H groups in total. The Labute approximate surface area is 591 Å². The monoisotopic (exact) mass is 1380 g/mol. The summed E-state index contributed by atoms with van der Waals surface area (Å²) in [6.45, 7) is 39.1. The van der Waals surface area contributed by atoms with Crippen LogP contribution in [0.15, 0.2) is 121 Å². The van der Waals surface area contributed by atoms with E-state index in [1.54, 1.807) is 25.9 Å². The molecule has 0 spiro atoms.